The maximum Gasteiger partial charge on any atom is 0.337 e. The molecule has 0 radical (unpaired) electrons. The number of pyridine rings is 1. The number of carbonyl (C=O) groups is 1. The van der Waals surface area contributed by atoms with Crippen molar-refractivity contribution in [2.24, 2.45) is 0 Å². The van der Waals surface area contributed by atoms with E-state index in [1.165, 1.54) is 6.20 Å². The SMILES string of the molecule is CCCSc1ncc(C(=O)O)c2ccccc12. The molecule has 1 aromatic carbocycles. The summed E-state index contributed by atoms with van der Waals surface area (Å²) < 4.78 is 0. The topological polar surface area (TPSA) is 50.2 Å². The summed E-state index contributed by atoms with van der Waals surface area (Å²) in [6.07, 6.45) is 2.52. The van der Waals surface area contributed by atoms with Gasteiger partial charge in [0.2, 0.25) is 0 Å². The molecule has 0 bridgehead atoms. The highest BCUT2D eigenvalue weighted by molar-refractivity contribution is 7.99. The van der Waals surface area contributed by atoms with Crippen molar-refractivity contribution in [2.75, 3.05) is 5.75 Å². The smallest absolute Gasteiger partial charge is 0.337 e. The van der Waals surface area contributed by atoms with Crippen LogP contribution in [0.15, 0.2) is 35.5 Å². The molecule has 1 heterocycles. The van der Waals surface area contributed by atoms with Gasteiger partial charge in [-0.15, -0.1) is 11.8 Å². The number of aromatic carboxylic acids is 1. The van der Waals surface area contributed by atoms with Crippen LogP contribution in [0.5, 0.6) is 0 Å². The molecule has 0 aliphatic heterocycles. The van der Waals surface area contributed by atoms with Crippen LogP contribution in [0.2, 0.25) is 0 Å². The summed E-state index contributed by atoms with van der Waals surface area (Å²) in [5, 5.41) is 11.7. The Morgan fingerprint density at radius 1 is 1.35 bits per heavy atom. The molecule has 0 atom stereocenters. The molecular weight excluding hydrogens is 234 g/mol. The number of nitrogens with zero attached hydrogens (tertiary/aromatic N) is 1. The quantitative estimate of drug-likeness (QED) is 0.841. The molecule has 0 spiro atoms. The van der Waals surface area contributed by atoms with Gasteiger partial charge in [-0.2, -0.15) is 0 Å². The van der Waals surface area contributed by atoms with Gasteiger partial charge in [-0.25, -0.2) is 9.78 Å². The summed E-state index contributed by atoms with van der Waals surface area (Å²) in [5.41, 5.74) is 0.265. The second kappa shape index (κ2) is 5.19. The van der Waals surface area contributed by atoms with Gasteiger partial charge < -0.3 is 5.11 Å². The summed E-state index contributed by atoms with van der Waals surface area (Å²) in [7, 11) is 0. The standard InChI is InChI=1S/C13H13NO2S/c1-2-7-17-12-10-6-4-3-5-9(10)11(8-14-12)13(15)16/h3-6,8H,2,7H2,1H3,(H,15,16). The fourth-order valence-electron chi connectivity index (χ4n) is 1.65. The van der Waals surface area contributed by atoms with Crippen LogP contribution < -0.4 is 0 Å². The van der Waals surface area contributed by atoms with Crippen LogP contribution in [-0.4, -0.2) is 21.8 Å². The van der Waals surface area contributed by atoms with E-state index in [4.69, 9.17) is 5.11 Å². The summed E-state index contributed by atoms with van der Waals surface area (Å²) in [5.74, 6) is 0.0596. The first-order chi connectivity index (χ1) is 8.24. The highest BCUT2D eigenvalue weighted by Gasteiger charge is 2.11. The molecule has 1 N–H and O–H groups in total. The number of carboxylic acid groups (broad SMARTS) is 1. The number of fused-ring (bicyclic) bond motifs is 1. The van der Waals surface area contributed by atoms with Crippen LogP contribution in [-0.2, 0) is 0 Å². The zero-order valence-electron chi connectivity index (χ0n) is 9.51. The Balaban J connectivity index is 2.58. The van der Waals surface area contributed by atoms with Crippen LogP contribution in [0, 0.1) is 0 Å². The van der Waals surface area contributed by atoms with E-state index in [-0.39, 0.29) is 5.56 Å². The highest BCUT2D eigenvalue weighted by Crippen LogP contribution is 2.28. The lowest BCUT2D eigenvalue weighted by Gasteiger charge is -2.06. The van der Waals surface area contributed by atoms with E-state index in [1.54, 1.807) is 11.8 Å². The summed E-state index contributed by atoms with van der Waals surface area (Å²) >= 11 is 1.67. The molecule has 3 nitrogen and oxygen atoms in total. The molecule has 0 fully saturated rings. The molecule has 0 amide bonds. The van der Waals surface area contributed by atoms with Gasteiger partial charge in [0, 0.05) is 17.0 Å². The van der Waals surface area contributed by atoms with Gasteiger partial charge in [-0.1, -0.05) is 31.2 Å². The van der Waals surface area contributed by atoms with Gasteiger partial charge in [0.05, 0.1) is 5.56 Å². The minimum absolute atomic E-state index is 0.265. The van der Waals surface area contributed by atoms with Gasteiger partial charge in [0.25, 0.3) is 0 Å². The largest absolute Gasteiger partial charge is 0.478 e. The summed E-state index contributed by atoms with van der Waals surface area (Å²) in [4.78, 5) is 15.3. The van der Waals surface area contributed by atoms with Crippen LogP contribution in [0.25, 0.3) is 10.8 Å². The van der Waals surface area contributed by atoms with Gasteiger partial charge in [-0.3, -0.25) is 0 Å². The van der Waals surface area contributed by atoms with E-state index in [0.717, 1.165) is 28.0 Å². The van der Waals surface area contributed by atoms with E-state index in [0.29, 0.717) is 0 Å². The molecule has 0 aliphatic rings. The van der Waals surface area contributed by atoms with Crippen molar-refractivity contribution in [1.82, 2.24) is 4.98 Å². The molecule has 88 valence electrons. The maximum absolute atomic E-state index is 11.1. The molecule has 2 rings (SSSR count). The molecular formula is C13H13NO2S. The number of rotatable bonds is 4. The molecule has 2 aromatic rings. The monoisotopic (exact) mass is 247 g/mol. The predicted molar refractivity (Wildman–Crippen MR) is 69.7 cm³/mol. The van der Waals surface area contributed by atoms with Gasteiger partial charge >= 0.3 is 5.97 Å². The van der Waals surface area contributed by atoms with E-state index in [9.17, 15) is 4.79 Å². The average Bonchev–Trinajstić information content (AvgIpc) is 2.35. The predicted octanol–water partition coefficient (Wildman–Crippen LogP) is 3.44. The van der Waals surface area contributed by atoms with Crippen LogP contribution in [0.4, 0.5) is 0 Å². The lowest BCUT2D eigenvalue weighted by Crippen LogP contribution is -1.99. The summed E-state index contributed by atoms with van der Waals surface area (Å²) in [6.45, 7) is 2.11. The zero-order valence-corrected chi connectivity index (χ0v) is 10.3. The molecule has 0 unspecified atom stereocenters. The Morgan fingerprint density at radius 2 is 2.06 bits per heavy atom. The third-order valence-electron chi connectivity index (χ3n) is 2.43. The normalized spacial score (nSPS) is 10.6. The van der Waals surface area contributed by atoms with Crippen molar-refractivity contribution in [1.29, 1.82) is 0 Å². The number of aromatic nitrogens is 1. The molecule has 17 heavy (non-hydrogen) atoms. The number of thioether (sulfide) groups is 1. The molecule has 1 aromatic heterocycles. The highest BCUT2D eigenvalue weighted by atomic mass is 32.2. The first-order valence-corrected chi connectivity index (χ1v) is 6.46. The van der Waals surface area contributed by atoms with E-state index >= 15 is 0 Å². The number of hydrogen-bond donors (Lipinski definition) is 1. The van der Waals surface area contributed by atoms with Crippen molar-refractivity contribution in [3.8, 4) is 0 Å². The molecule has 0 aliphatic carbocycles. The average molecular weight is 247 g/mol. The zero-order chi connectivity index (χ0) is 12.3. The van der Waals surface area contributed by atoms with Gasteiger partial charge in [-0.05, 0) is 12.2 Å². The number of carboxylic acids is 1. The van der Waals surface area contributed by atoms with Crippen molar-refractivity contribution in [3.05, 3.63) is 36.0 Å². The van der Waals surface area contributed by atoms with Gasteiger partial charge in [0.1, 0.15) is 5.03 Å². The molecule has 4 heteroatoms. The lowest BCUT2D eigenvalue weighted by molar-refractivity contribution is 0.0698. The van der Waals surface area contributed by atoms with Crippen LogP contribution in [0.3, 0.4) is 0 Å². The number of benzene rings is 1. The first-order valence-electron chi connectivity index (χ1n) is 5.48. The first kappa shape index (κ1) is 11.9. The Kier molecular flexibility index (Phi) is 3.64. The van der Waals surface area contributed by atoms with Crippen molar-refractivity contribution >= 4 is 28.5 Å². The third-order valence-corrected chi connectivity index (χ3v) is 3.64. The fourth-order valence-corrected chi connectivity index (χ4v) is 2.51. The lowest BCUT2D eigenvalue weighted by atomic mass is 10.1. The summed E-state index contributed by atoms with van der Waals surface area (Å²) in [6, 6.07) is 7.51. The Hall–Kier alpha value is -1.55. The Bertz CT molecular complexity index is 554. The minimum Gasteiger partial charge on any atom is -0.478 e. The fraction of sp³-hybridized carbons (Fsp3) is 0.231. The third kappa shape index (κ3) is 2.42. The van der Waals surface area contributed by atoms with E-state index in [1.807, 2.05) is 24.3 Å². The van der Waals surface area contributed by atoms with Crippen molar-refractivity contribution in [3.63, 3.8) is 0 Å². The van der Waals surface area contributed by atoms with E-state index < -0.39 is 5.97 Å². The van der Waals surface area contributed by atoms with Crippen molar-refractivity contribution < 1.29 is 9.90 Å². The minimum atomic E-state index is -0.930. The second-order valence-corrected chi connectivity index (χ2v) is 4.76. The van der Waals surface area contributed by atoms with Crippen LogP contribution >= 0.6 is 11.8 Å². The second-order valence-electron chi connectivity index (χ2n) is 3.68. The number of hydrogen-bond acceptors (Lipinski definition) is 3. The Labute approximate surface area is 104 Å². The molecule has 0 saturated heterocycles. The Morgan fingerprint density at radius 3 is 2.71 bits per heavy atom. The molecule has 0 saturated carbocycles. The van der Waals surface area contributed by atoms with Crippen molar-refractivity contribution in [2.45, 2.75) is 18.4 Å². The maximum atomic E-state index is 11.1. The van der Waals surface area contributed by atoms with Gasteiger partial charge in [0.15, 0.2) is 0 Å². The van der Waals surface area contributed by atoms with Crippen LogP contribution in [0.1, 0.15) is 23.7 Å². The van der Waals surface area contributed by atoms with E-state index in [2.05, 4.69) is 11.9 Å².